The zero-order valence-electron chi connectivity index (χ0n) is 14.1. The third kappa shape index (κ3) is 7.88. The predicted octanol–water partition coefficient (Wildman–Crippen LogP) is -3.20. The van der Waals surface area contributed by atoms with Gasteiger partial charge in [-0.25, -0.2) is 0 Å². The standard InChI is InChI=1S/C16H33IN3O2/c1-18-8-10-19(11-9-18)12-14-22-13-2-3-16(21)15-20-6-4-17-5-7-20/h16,21H,2-15H2,1H3/q-1/t16-/m0/s1. The molecule has 0 unspecified atom stereocenters. The van der Waals surface area contributed by atoms with Gasteiger partial charge in [-0.2, -0.15) is 0 Å². The van der Waals surface area contributed by atoms with Gasteiger partial charge in [-0.15, -0.1) is 0 Å². The molecule has 2 rings (SSSR count). The molecule has 22 heavy (non-hydrogen) atoms. The van der Waals surface area contributed by atoms with Crippen LogP contribution in [-0.4, -0.2) is 107 Å². The van der Waals surface area contributed by atoms with Gasteiger partial charge in [0.1, 0.15) is 0 Å². The molecule has 0 aromatic carbocycles. The van der Waals surface area contributed by atoms with E-state index in [0.29, 0.717) is 21.2 Å². The number of alkyl halides is 2. The Kier molecular flexibility index (Phi) is 9.56. The van der Waals surface area contributed by atoms with Crippen molar-refractivity contribution in [1.82, 2.24) is 14.7 Å². The molecule has 0 saturated carbocycles. The summed E-state index contributed by atoms with van der Waals surface area (Å²) in [6.07, 6.45) is 1.68. The molecular weight excluding hydrogens is 393 g/mol. The third-order valence-electron chi connectivity index (χ3n) is 4.51. The Morgan fingerprint density at radius 3 is 2.45 bits per heavy atom. The summed E-state index contributed by atoms with van der Waals surface area (Å²) in [5.74, 6) is 0. The van der Waals surface area contributed by atoms with Crippen LogP contribution in [0.2, 0.25) is 0 Å². The van der Waals surface area contributed by atoms with Crippen LogP contribution in [-0.2, 0) is 4.74 Å². The number of likely N-dealkylation sites (N-methyl/N-ethyl adjacent to an activating group) is 1. The normalized spacial score (nSPS) is 24.1. The van der Waals surface area contributed by atoms with Crippen LogP contribution in [0.25, 0.3) is 0 Å². The molecule has 0 spiro atoms. The molecule has 1 N–H and O–H groups in total. The molecule has 0 aromatic rings. The fraction of sp³-hybridized carbons (Fsp3) is 1.00. The molecular formula is C16H33IN3O2-. The number of hydrogen-bond donors (Lipinski definition) is 1. The van der Waals surface area contributed by atoms with Gasteiger partial charge in [0.05, 0.1) is 0 Å². The number of rotatable bonds is 9. The van der Waals surface area contributed by atoms with Crippen molar-refractivity contribution in [2.75, 3.05) is 81.5 Å². The Balaban J connectivity index is 1.40. The second-order valence-electron chi connectivity index (χ2n) is 6.42. The molecule has 0 radical (unpaired) electrons. The van der Waals surface area contributed by atoms with Gasteiger partial charge in [0.25, 0.3) is 0 Å². The van der Waals surface area contributed by atoms with Crippen molar-refractivity contribution in [3.8, 4) is 0 Å². The van der Waals surface area contributed by atoms with Gasteiger partial charge in [0.2, 0.25) is 0 Å². The zero-order chi connectivity index (χ0) is 15.6. The molecule has 2 saturated heterocycles. The molecule has 6 heteroatoms. The van der Waals surface area contributed by atoms with E-state index in [0.717, 1.165) is 52.2 Å². The topological polar surface area (TPSA) is 39.2 Å². The number of halogens is 1. The SMILES string of the molecule is CN1CCN(CCOCCC[C@H](O)CN2CC[I-]CC2)CC1. The van der Waals surface area contributed by atoms with Crippen LogP contribution < -0.4 is 21.2 Å². The van der Waals surface area contributed by atoms with Crippen molar-refractivity contribution in [3.05, 3.63) is 0 Å². The van der Waals surface area contributed by atoms with Gasteiger partial charge < -0.3 is 4.90 Å². The smallest absolute Gasteiger partial charge is 0.0107 e. The van der Waals surface area contributed by atoms with Crippen LogP contribution >= 0.6 is 0 Å². The molecule has 0 aromatic heterocycles. The molecule has 2 aliphatic heterocycles. The molecule has 0 amide bonds. The Hall–Kier alpha value is 0.530. The zero-order valence-corrected chi connectivity index (χ0v) is 16.2. The van der Waals surface area contributed by atoms with Gasteiger partial charge in [-0.05, 0) is 7.05 Å². The molecule has 132 valence electrons. The predicted molar refractivity (Wildman–Crippen MR) is 86.2 cm³/mol. The number of β-amino-alcohol motifs (C(OH)–C–C–N with tert-alkyl or cyclic N) is 1. The molecule has 5 nitrogen and oxygen atoms in total. The van der Waals surface area contributed by atoms with Crippen molar-refractivity contribution in [2.45, 2.75) is 18.9 Å². The number of aliphatic hydroxyl groups excluding tert-OH is 1. The number of ether oxygens (including phenoxy) is 1. The second-order valence-corrected chi connectivity index (χ2v) is 9.66. The molecule has 0 aliphatic carbocycles. The maximum Gasteiger partial charge on any atom is 0.0111 e. The number of nitrogens with zero attached hydrogens (tertiary/aromatic N) is 3. The summed E-state index contributed by atoms with van der Waals surface area (Å²) in [6.45, 7) is 10.6. The Morgan fingerprint density at radius 2 is 1.73 bits per heavy atom. The first-order valence-corrected chi connectivity index (χ1v) is 11.7. The average Bonchev–Trinajstić information content (AvgIpc) is 2.53. The summed E-state index contributed by atoms with van der Waals surface area (Å²) < 4.78 is 8.54. The van der Waals surface area contributed by atoms with Gasteiger partial charge in [0.15, 0.2) is 0 Å². The van der Waals surface area contributed by atoms with Gasteiger partial charge >= 0.3 is 108 Å². The van der Waals surface area contributed by atoms with Gasteiger partial charge in [-0.3, -0.25) is 0 Å². The van der Waals surface area contributed by atoms with E-state index in [9.17, 15) is 5.11 Å². The maximum absolute atomic E-state index is 10.1. The summed E-state index contributed by atoms with van der Waals surface area (Å²) in [5.41, 5.74) is 0. The van der Waals surface area contributed by atoms with Gasteiger partial charge in [0, 0.05) is 26.2 Å². The summed E-state index contributed by atoms with van der Waals surface area (Å²) in [4.78, 5) is 7.29. The molecule has 2 fully saturated rings. The summed E-state index contributed by atoms with van der Waals surface area (Å²) in [6, 6.07) is 0. The van der Waals surface area contributed by atoms with E-state index < -0.39 is 0 Å². The van der Waals surface area contributed by atoms with Crippen LogP contribution in [0.4, 0.5) is 0 Å². The molecule has 2 aliphatic rings. The van der Waals surface area contributed by atoms with Crippen molar-refractivity contribution in [2.24, 2.45) is 0 Å². The van der Waals surface area contributed by atoms with E-state index in [2.05, 4.69) is 21.7 Å². The van der Waals surface area contributed by atoms with E-state index in [1.54, 1.807) is 0 Å². The summed E-state index contributed by atoms with van der Waals surface area (Å²) >= 11 is 0.484. The molecule has 0 bridgehead atoms. The van der Waals surface area contributed by atoms with Crippen molar-refractivity contribution in [3.63, 3.8) is 0 Å². The first kappa shape index (κ1) is 18.9. The number of piperazine rings is 1. The van der Waals surface area contributed by atoms with Crippen LogP contribution in [0, 0.1) is 0 Å². The fourth-order valence-electron chi connectivity index (χ4n) is 2.92. The summed E-state index contributed by atoms with van der Waals surface area (Å²) in [7, 11) is 2.19. The van der Waals surface area contributed by atoms with Gasteiger partial charge in [-0.1, -0.05) is 0 Å². The Labute approximate surface area is 146 Å². The maximum atomic E-state index is 10.1. The molecule has 1 atom stereocenters. The third-order valence-corrected chi connectivity index (χ3v) is 7.00. The Bertz CT molecular complexity index is 283. The van der Waals surface area contributed by atoms with Crippen molar-refractivity contribution in [1.29, 1.82) is 0 Å². The fourth-order valence-corrected chi connectivity index (χ4v) is 5.51. The van der Waals surface area contributed by atoms with Crippen LogP contribution in [0.15, 0.2) is 0 Å². The van der Waals surface area contributed by atoms with E-state index >= 15 is 0 Å². The first-order chi connectivity index (χ1) is 10.7. The van der Waals surface area contributed by atoms with E-state index in [1.807, 2.05) is 0 Å². The minimum Gasteiger partial charge on any atom is 0.0107 e. The van der Waals surface area contributed by atoms with E-state index in [4.69, 9.17) is 4.74 Å². The second kappa shape index (κ2) is 11.1. The van der Waals surface area contributed by atoms with E-state index in [1.165, 1.54) is 35.0 Å². The first-order valence-electron chi connectivity index (χ1n) is 8.66. The van der Waals surface area contributed by atoms with Crippen LogP contribution in [0.5, 0.6) is 0 Å². The quantitative estimate of drug-likeness (QED) is 0.239. The largest absolute Gasteiger partial charge is 0.0111 e. The van der Waals surface area contributed by atoms with Crippen LogP contribution in [0.3, 0.4) is 0 Å². The summed E-state index contributed by atoms with van der Waals surface area (Å²) in [5, 5.41) is 10.1. The molecule has 2 heterocycles. The van der Waals surface area contributed by atoms with E-state index in [-0.39, 0.29) is 6.10 Å². The van der Waals surface area contributed by atoms with Crippen molar-refractivity contribution < 1.29 is 31.0 Å². The average molecular weight is 426 g/mol. The number of hydrogen-bond acceptors (Lipinski definition) is 5. The van der Waals surface area contributed by atoms with Crippen molar-refractivity contribution >= 4 is 0 Å². The minimum atomic E-state index is -0.169. The monoisotopic (exact) mass is 426 g/mol. The number of aliphatic hydroxyl groups is 1. The Morgan fingerprint density at radius 1 is 1.00 bits per heavy atom. The minimum absolute atomic E-state index is 0.169. The van der Waals surface area contributed by atoms with Crippen LogP contribution in [0.1, 0.15) is 12.8 Å².